The molecule has 0 saturated heterocycles. The molecule has 0 bridgehead atoms. The Bertz CT molecular complexity index is 1400. The number of benzene rings is 2. The molecule has 1 atom stereocenters. The van der Waals surface area contributed by atoms with E-state index in [2.05, 4.69) is 20.5 Å². The maximum absolute atomic E-state index is 12.4. The van der Waals surface area contributed by atoms with Crippen molar-refractivity contribution in [2.45, 2.75) is 13.0 Å². The van der Waals surface area contributed by atoms with Crippen molar-refractivity contribution in [1.29, 1.82) is 5.26 Å². The average Bonchev–Trinajstić information content (AvgIpc) is 2.84. The van der Waals surface area contributed by atoms with E-state index >= 15 is 0 Å². The van der Waals surface area contributed by atoms with Gasteiger partial charge in [0.15, 0.2) is 17.6 Å². The first kappa shape index (κ1) is 24.4. The number of hydrogen-bond acceptors (Lipinski definition) is 10. The first-order valence-electron chi connectivity index (χ1n) is 9.90. The number of aromatic amines is 1. The topological polar surface area (TPSA) is 193 Å². The number of nitriles is 1. The average molecular weight is 478 g/mol. The number of H-pyrrole nitrogens is 1. The van der Waals surface area contributed by atoms with Crippen LogP contribution in [0.1, 0.15) is 18.1 Å². The largest absolute Gasteiger partial charge is 0.493 e. The van der Waals surface area contributed by atoms with E-state index in [9.17, 15) is 25.0 Å². The maximum atomic E-state index is 12.4. The van der Waals surface area contributed by atoms with Crippen LogP contribution in [0, 0.1) is 21.4 Å². The van der Waals surface area contributed by atoms with Gasteiger partial charge in [0.05, 0.1) is 30.0 Å². The van der Waals surface area contributed by atoms with Gasteiger partial charge < -0.3 is 14.6 Å². The Morgan fingerprint density at radius 3 is 2.69 bits per heavy atom. The van der Waals surface area contributed by atoms with Crippen molar-refractivity contribution in [3.63, 3.8) is 0 Å². The summed E-state index contributed by atoms with van der Waals surface area (Å²) in [6, 6.07) is 12.6. The number of aromatic nitrogens is 2. The number of hydrazone groups is 1. The van der Waals surface area contributed by atoms with Crippen LogP contribution in [-0.4, -0.2) is 45.4 Å². The molecule has 0 aliphatic rings. The van der Waals surface area contributed by atoms with Gasteiger partial charge in [-0.3, -0.25) is 19.9 Å². The SMILES string of the molecule is COc1cc([N+](=O)[O-])cc(C=NNc2nc(-c3ccccc3)c(C#N)c(=O)[nH]2)c1OC(C)C(=O)O. The van der Waals surface area contributed by atoms with Crippen LogP contribution in [0.15, 0.2) is 52.4 Å². The minimum Gasteiger partial charge on any atom is -0.493 e. The number of non-ortho nitro benzene ring substituents is 1. The van der Waals surface area contributed by atoms with Gasteiger partial charge in [0.25, 0.3) is 11.2 Å². The van der Waals surface area contributed by atoms with Crippen molar-refractivity contribution < 1.29 is 24.3 Å². The highest BCUT2D eigenvalue weighted by Crippen LogP contribution is 2.35. The number of carbonyl (C=O) groups is 1. The lowest BCUT2D eigenvalue weighted by molar-refractivity contribution is -0.385. The van der Waals surface area contributed by atoms with E-state index in [4.69, 9.17) is 14.6 Å². The molecule has 35 heavy (non-hydrogen) atoms. The number of nitro benzene ring substituents is 1. The molecule has 0 radical (unpaired) electrons. The summed E-state index contributed by atoms with van der Waals surface area (Å²) >= 11 is 0. The van der Waals surface area contributed by atoms with Crippen molar-refractivity contribution in [2.75, 3.05) is 12.5 Å². The number of ether oxygens (including phenoxy) is 2. The molecule has 1 unspecified atom stereocenters. The second-order valence-corrected chi connectivity index (χ2v) is 6.91. The predicted octanol–water partition coefficient (Wildman–Crippen LogP) is 2.52. The van der Waals surface area contributed by atoms with Crippen molar-refractivity contribution >= 4 is 23.8 Å². The molecule has 0 amide bonds. The summed E-state index contributed by atoms with van der Waals surface area (Å²) in [6.07, 6.45) is -0.185. The third-order valence-corrected chi connectivity index (χ3v) is 4.59. The number of carboxylic acids is 1. The molecule has 1 aromatic heterocycles. The third kappa shape index (κ3) is 5.57. The maximum Gasteiger partial charge on any atom is 0.344 e. The van der Waals surface area contributed by atoms with Gasteiger partial charge in [-0.05, 0) is 6.92 Å². The van der Waals surface area contributed by atoms with Crippen molar-refractivity contribution in [3.05, 3.63) is 74.1 Å². The molecule has 0 aliphatic heterocycles. The number of rotatable bonds is 9. The van der Waals surface area contributed by atoms with Gasteiger partial charge in [-0.15, -0.1) is 0 Å². The number of aliphatic carboxylic acids is 1. The Balaban J connectivity index is 2.01. The lowest BCUT2D eigenvalue weighted by atomic mass is 10.1. The lowest BCUT2D eigenvalue weighted by Crippen LogP contribution is -2.23. The molecule has 3 aromatic rings. The smallest absolute Gasteiger partial charge is 0.344 e. The van der Waals surface area contributed by atoms with Crippen LogP contribution in [0.5, 0.6) is 11.5 Å². The van der Waals surface area contributed by atoms with E-state index in [1.54, 1.807) is 30.3 Å². The van der Waals surface area contributed by atoms with Crippen molar-refractivity contribution in [1.82, 2.24) is 9.97 Å². The molecule has 3 rings (SSSR count). The number of methoxy groups -OCH3 is 1. The Morgan fingerprint density at radius 2 is 2.09 bits per heavy atom. The fourth-order valence-corrected chi connectivity index (χ4v) is 2.91. The molecule has 13 nitrogen and oxygen atoms in total. The van der Waals surface area contributed by atoms with Gasteiger partial charge in [-0.2, -0.15) is 10.4 Å². The summed E-state index contributed by atoms with van der Waals surface area (Å²) in [5.74, 6) is -1.54. The number of carboxylic acid groups (broad SMARTS) is 1. The zero-order valence-electron chi connectivity index (χ0n) is 18.4. The van der Waals surface area contributed by atoms with Crippen LogP contribution in [0.4, 0.5) is 11.6 Å². The Kier molecular flexibility index (Phi) is 7.37. The van der Waals surface area contributed by atoms with E-state index in [1.165, 1.54) is 14.0 Å². The Hall–Kier alpha value is -5.25. The lowest BCUT2D eigenvalue weighted by Gasteiger charge is -2.16. The first-order valence-corrected chi connectivity index (χ1v) is 9.90. The molecule has 0 saturated carbocycles. The normalized spacial score (nSPS) is 11.5. The molecule has 0 fully saturated rings. The van der Waals surface area contributed by atoms with Gasteiger partial charge >= 0.3 is 5.97 Å². The number of nitro groups is 1. The zero-order chi connectivity index (χ0) is 25.5. The quantitative estimate of drug-likeness (QED) is 0.234. The fourth-order valence-electron chi connectivity index (χ4n) is 2.91. The summed E-state index contributed by atoms with van der Waals surface area (Å²) in [4.78, 5) is 40.9. The standard InChI is InChI=1S/C22H18N6O7/c1-12(21(30)31)35-19-14(8-15(28(32)33)9-17(19)34-2)11-24-27-22-25-18(13-6-4-3-5-7-13)16(10-23)20(29)26-22/h3-9,11-12H,1-2H3,(H,30,31)(H2,25,26,27,29). The van der Waals surface area contributed by atoms with Crippen molar-refractivity contribution in [3.8, 4) is 28.8 Å². The Morgan fingerprint density at radius 1 is 1.37 bits per heavy atom. The summed E-state index contributed by atoms with van der Waals surface area (Å²) in [5, 5.41) is 33.8. The molecule has 0 aliphatic carbocycles. The second-order valence-electron chi connectivity index (χ2n) is 6.91. The second kappa shape index (κ2) is 10.6. The summed E-state index contributed by atoms with van der Waals surface area (Å²) < 4.78 is 10.6. The van der Waals surface area contributed by atoms with Gasteiger partial charge in [0.1, 0.15) is 11.6 Å². The highest BCUT2D eigenvalue weighted by molar-refractivity contribution is 5.87. The number of nitrogens with zero attached hydrogens (tertiary/aromatic N) is 4. The minimum absolute atomic E-state index is 0.0240. The molecule has 3 N–H and O–H groups in total. The molecule has 178 valence electrons. The number of nitrogens with one attached hydrogen (secondary N) is 2. The summed E-state index contributed by atoms with van der Waals surface area (Å²) in [7, 11) is 1.24. The van der Waals surface area contributed by atoms with E-state index < -0.39 is 22.6 Å². The third-order valence-electron chi connectivity index (χ3n) is 4.59. The molecule has 1 heterocycles. The van der Waals surface area contributed by atoms with Gasteiger partial charge in [-0.1, -0.05) is 30.3 Å². The van der Waals surface area contributed by atoms with E-state index in [1.807, 2.05) is 6.07 Å². The molecular weight excluding hydrogens is 460 g/mol. The van der Waals surface area contributed by atoms with E-state index in [0.29, 0.717) is 5.56 Å². The monoisotopic (exact) mass is 478 g/mol. The Labute approximate surface area is 197 Å². The van der Waals surface area contributed by atoms with E-state index in [0.717, 1.165) is 18.3 Å². The number of anilines is 1. The highest BCUT2D eigenvalue weighted by atomic mass is 16.6. The van der Waals surface area contributed by atoms with Crippen LogP contribution in [0.2, 0.25) is 0 Å². The van der Waals surface area contributed by atoms with Gasteiger partial charge in [0, 0.05) is 17.2 Å². The molecule has 0 spiro atoms. The minimum atomic E-state index is -1.30. The molecule has 2 aromatic carbocycles. The molecular formula is C22H18N6O7. The first-order chi connectivity index (χ1) is 16.7. The predicted molar refractivity (Wildman–Crippen MR) is 124 cm³/mol. The highest BCUT2D eigenvalue weighted by Gasteiger charge is 2.22. The van der Waals surface area contributed by atoms with Crippen LogP contribution >= 0.6 is 0 Å². The van der Waals surface area contributed by atoms with Crippen LogP contribution < -0.4 is 20.5 Å². The fraction of sp³-hybridized carbons (Fsp3) is 0.136. The summed E-state index contributed by atoms with van der Waals surface area (Å²) in [6.45, 7) is 1.28. The summed E-state index contributed by atoms with van der Waals surface area (Å²) in [5.41, 5.74) is 1.94. The van der Waals surface area contributed by atoms with Crippen LogP contribution in [-0.2, 0) is 4.79 Å². The van der Waals surface area contributed by atoms with Crippen LogP contribution in [0.3, 0.4) is 0 Å². The van der Waals surface area contributed by atoms with E-state index in [-0.39, 0.29) is 40.0 Å². The van der Waals surface area contributed by atoms with Gasteiger partial charge in [-0.25, -0.2) is 15.2 Å². The van der Waals surface area contributed by atoms with Crippen molar-refractivity contribution in [2.24, 2.45) is 5.10 Å². The van der Waals surface area contributed by atoms with Gasteiger partial charge in [0.2, 0.25) is 5.95 Å². The number of hydrogen-bond donors (Lipinski definition) is 3. The zero-order valence-corrected chi connectivity index (χ0v) is 18.4. The van der Waals surface area contributed by atoms with Crippen LogP contribution in [0.25, 0.3) is 11.3 Å². The molecule has 13 heteroatoms.